The second kappa shape index (κ2) is 6.77. The molecule has 0 radical (unpaired) electrons. The van der Waals surface area contributed by atoms with E-state index >= 15 is 0 Å². The van der Waals surface area contributed by atoms with E-state index in [1.54, 1.807) is 6.92 Å². The van der Waals surface area contributed by atoms with Crippen molar-refractivity contribution in [2.24, 2.45) is 0 Å². The molecule has 0 aliphatic carbocycles. The molecule has 1 aromatic rings. The van der Waals surface area contributed by atoms with Crippen LogP contribution in [0.15, 0.2) is 0 Å². The van der Waals surface area contributed by atoms with Crippen molar-refractivity contribution in [2.45, 2.75) is 26.4 Å². The highest BCUT2D eigenvalue weighted by Crippen LogP contribution is 2.34. The van der Waals surface area contributed by atoms with Crippen molar-refractivity contribution >= 4 is 34.2 Å². The number of carbonyl (C=O) groups is 3. The predicted molar refractivity (Wildman–Crippen MR) is 71.3 cm³/mol. The largest absolute Gasteiger partial charge is 0.477 e. The highest BCUT2D eigenvalue weighted by molar-refractivity contribution is 7.18. The average molecular weight is 339 g/mol. The Labute approximate surface area is 126 Å². The first-order valence-electron chi connectivity index (χ1n) is 6.01. The number of amides is 1. The lowest BCUT2D eigenvalue weighted by atomic mass is 10.1. The number of thiophene rings is 1. The van der Waals surface area contributed by atoms with E-state index in [1.807, 2.05) is 0 Å². The number of carbonyl (C=O) groups excluding carboxylic acids is 2. The standard InChI is InChI=1S/C12H12F3NO5S/c1-3-4-21-10(19)6-5(2)7(9(17)18)22-8(6)16-11(20)12(13,14)15/h3-4H2,1-2H3,(H,16,20)(H,17,18). The van der Waals surface area contributed by atoms with Gasteiger partial charge in [-0.3, -0.25) is 4.79 Å². The van der Waals surface area contributed by atoms with Gasteiger partial charge in [-0.2, -0.15) is 13.2 Å². The molecule has 22 heavy (non-hydrogen) atoms. The maximum absolute atomic E-state index is 12.3. The van der Waals surface area contributed by atoms with Crippen LogP contribution >= 0.6 is 11.3 Å². The first kappa shape index (κ1) is 18.0. The molecule has 10 heteroatoms. The minimum absolute atomic E-state index is 0.0170. The van der Waals surface area contributed by atoms with Gasteiger partial charge < -0.3 is 15.2 Å². The molecule has 0 spiro atoms. The van der Waals surface area contributed by atoms with Gasteiger partial charge in [0.05, 0.1) is 12.2 Å². The SMILES string of the molecule is CCCOC(=O)c1c(NC(=O)C(F)(F)F)sc(C(=O)O)c1C. The van der Waals surface area contributed by atoms with E-state index in [9.17, 15) is 27.6 Å². The fourth-order valence-electron chi connectivity index (χ4n) is 1.49. The van der Waals surface area contributed by atoms with Gasteiger partial charge in [-0.1, -0.05) is 6.92 Å². The Kier molecular flexibility index (Phi) is 5.53. The first-order chi connectivity index (χ1) is 10.1. The van der Waals surface area contributed by atoms with E-state index in [0.29, 0.717) is 17.8 Å². The molecule has 2 N–H and O–H groups in total. The Bertz CT molecular complexity index is 609. The maximum atomic E-state index is 12.3. The van der Waals surface area contributed by atoms with E-state index in [4.69, 9.17) is 9.84 Å². The van der Waals surface area contributed by atoms with Gasteiger partial charge in [0.15, 0.2) is 0 Å². The van der Waals surface area contributed by atoms with Gasteiger partial charge >= 0.3 is 24.0 Å². The van der Waals surface area contributed by atoms with Crippen LogP contribution in [0.4, 0.5) is 18.2 Å². The van der Waals surface area contributed by atoms with E-state index in [1.165, 1.54) is 12.2 Å². The van der Waals surface area contributed by atoms with E-state index in [-0.39, 0.29) is 22.6 Å². The zero-order valence-corrected chi connectivity index (χ0v) is 12.4. The van der Waals surface area contributed by atoms with Crippen molar-refractivity contribution in [1.82, 2.24) is 0 Å². The number of rotatable bonds is 5. The molecule has 0 atom stereocenters. The molecule has 0 saturated carbocycles. The molecule has 1 rings (SSSR count). The van der Waals surface area contributed by atoms with Gasteiger partial charge in [-0.25, -0.2) is 9.59 Å². The monoisotopic (exact) mass is 339 g/mol. The number of ether oxygens (including phenoxy) is 1. The minimum atomic E-state index is -5.16. The Morgan fingerprint density at radius 3 is 2.36 bits per heavy atom. The molecule has 0 unspecified atom stereocenters. The molecular weight excluding hydrogens is 327 g/mol. The summed E-state index contributed by atoms with van der Waals surface area (Å²) in [6, 6.07) is 0. The summed E-state index contributed by atoms with van der Waals surface area (Å²) >= 11 is 0.368. The van der Waals surface area contributed by atoms with Crippen molar-refractivity contribution in [1.29, 1.82) is 0 Å². The molecule has 122 valence electrons. The molecule has 1 heterocycles. The molecule has 0 saturated heterocycles. The number of esters is 1. The van der Waals surface area contributed by atoms with Gasteiger partial charge in [0, 0.05) is 0 Å². The van der Waals surface area contributed by atoms with Crippen LogP contribution in [-0.2, 0) is 9.53 Å². The third kappa shape index (κ3) is 3.97. The highest BCUT2D eigenvalue weighted by Gasteiger charge is 2.40. The normalized spacial score (nSPS) is 11.1. The fraction of sp³-hybridized carbons (Fsp3) is 0.417. The third-order valence-corrected chi connectivity index (χ3v) is 3.66. The number of alkyl halides is 3. The Morgan fingerprint density at radius 1 is 1.32 bits per heavy atom. The molecule has 1 aromatic heterocycles. The topological polar surface area (TPSA) is 92.7 Å². The number of hydrogen-bond donors (Lipinski definition) is 2. The van der Waals surface area contributed by atoms with Crippen LogP contribution in [0.3, 0.4) is 0 Å². The Balaban J connectivity index is 3.25. The molecule has 6 nitrogen and oxygen atoms in total. The number of hydrogen-bond acceptors (Lipinski definition) is 5. The zero-order valence-electron chi connectivity index (χ0n) is 11.5. The molecule has 0 aliphatic rings. The highest BCUT2D eigenvalue weighted by atomic mass is 32.1. The predicted octanol–water partition coefficient (Wildman–Crippen LogP) is 2.82. The van der Waals surface area contributed by atoms with Crippen LogP contribution in [0, 0.1) is 6.92 Å². The number of aromatic carboxylic acids is 1. The maximum Gasteiger partial charge on any atom is 0.471 e. The van der Waals surface area contributed by atoms with Crippen molar-refractivity contribution in [3.8, 4) is 0 Å². The van der Waals surface area contributed by atoms with Crippen LogP contribution < -0.4 is 5.32 Å². The molecule has 0 aliphatic heterocycles. The van der Waals surface area contributed by atoms with E-state index in [2.05, 4.69) is 0 Å². The second-order valence-corrected chi connectivity index (χ2v) is 5.17. The molecule has 0 bridgehead atoms. The fourth-order valence-corrected chi connectivity index (χ4v) is 2.52. The van der Waals surface area contributed by atoms with Crippen LogP contribution in [0.1, 0.15) is 38.9 Å². The lowest BCUT2D eigenvalue weighted by molar-refractivity contribution is -0.167. The summed E-state index contributed by atoms with van der Waals surface area (Å²) in [4.78, 5) is 33.5. The summed E-state index contributed by atoms with van der Waals surface area (Å²) in [5, 5.41) is 9.99. The summed E-state index contributed by atoms with van der Waals surface area (Å²) in [7, 11) is 0. The summed E-state index contributed by atoms with van der Waals surface area (Å²) in [5.74, 6) is -4.70. The van der Waals surface area contributed by atoms with Crippen molar-refractivity contribution < 1.29 is 37.4 Å². The molecule has 0 aromatic carbocycles. The van der Waals surface area contributed by atoms with Gasteiger partial charge in [0.2, 0.25) is 0 Å². The minimum Gasteiger partial charge on any atom is -0.477 e. The summed E-state index contributed by atoms with van der Waals surface area (Å²) in [6.07, 6.45) is -4.68. The Morgan fingerprint density at radius 2 is 1.91 bits per heavy atom. The number of nitrogens with one attached hydrogen (secondary N) is 1. The molecule has 0 fully saturated rings. The number of anilines is 1. The van der Waals surface area contributed by atoms with Crippen LogP contribution in [0.25, 0.3) is 0 Å². The number of carboxylic acids is 1. The Hall–Kier alpha value is -2.10. The van der Waals surface area contributed by atoms with Gasteiger partial charge in [0.25, 0.3) is 0 Å². The van der Waals surface area contributed by atoms with Crippen molar-refractivity contribution in [3.05, 3.63) is 16.0 Å². The summed E-state index contributed by atoms with van der Waals surface area (Å²) in [5.41, 5.74) is -0.440. The van der Waals surface area contributed by atoms with E-state index < -0.39 is 29.0 Å². The third-order valence-electron chi connectivity index (χ3n) is 2.47. The first-order valence-corrected chi connectivity index (χ1v) is 6.83. The van der Waals surface area contributed by atoms with Gasteiger partial charge in [-0.05, 0) is 18.9 Å². The van der Waals surface area contributed by atoms with Gasteiger partial charge in [0.1, 0.15) is 9.88 Å². The lowest BCUT2D eigenvalue weighted by Gasteiger charge is -2.09. The van der Waals surface area contributed by atoms with Crippen molar-refractivity contribution in [2.75, 3.05) is 11.9 Å². The smallest absolute Gasteiger partial charge is 0.471 e. The second-order valence-electron chi connectivity index (χ2n) is 4.15. The number of carboxylic acid groups (broad SMARTS) is 1. The van der Waals surface area contributed by atoms with Crippen LogP contribution in [-0.4, -0.2) is 35.7 Å². The molecular formula is C12H12F3NO5S. The van der Waals surface area contributed by atoms with Gasteiger partial charge in [-0.15, -0.1) is 11.3 Å². The summed E-state index contributed by atoms with van der Waals surface area (Å²) < 4.78 is 41.7. The van der Waals surface area contributed by atoms with Crippen LogP contribution in [0.5, 0.6) is 0 Å². The quantitative estimate of drug-likeness (QED) is 0.805. The van der Waals surface area contributed by atoms with Crippen molar-refractivity contribution in [3.63, 3.8) is 0 Å². The lowest BCUT2D eigenvalue weighted by Crippen LogP contribution is -2.30. The summed E-state index contributed by atoms with van der Waals surface area (Å²) in [6.45, 7) is 2.98. The van der Waals surface area contributed by atoms with Crippen LogP contribution in [0.2, 0.25) is 0 Å². The average Bonchev–Trinajstić information content (AvgIpc) is 2.72. The zero-order chi connectivity index (χ0) is 17.1. The van der Waals surface area contributed by atoms with E-state index in [0.717, 1.165) is 0 Å². The number of halogens is 3. The molecule has 1 amide bonds.